The molecule has 0 atom stereocenters. The first-order valence-electron chi connectivity index (χ1n) is 14.2. The van der Waals surface area contributed by atoms with Gasteiger partial charge in [-0.3, -0.25) is 0 Å². The van der Waals surface area contributed by atoms with Gasteiger partial charge in [0.1, 0.15) is 11.5 Å². The Morgan fingerprint density at radius 1 is 0.310 bits per heavy atom. The minimum atomic E-state index is 0.845. The van der Waals surface area contributed by atoms with Crippen LogP contribution in [0.15, 0.2) is 146 Å². The van der Waals surface area contributed by atoms with Crippen LogP contribution < -0.4 is 9.47 Å². The highest BCUT2D eigenvalue weighted by Crippen LogP contribution is 2.46. The number of fused-ring (bicyclic) bond motifs is 2. The van der Waals surface area contributed by atoms with Crippen molar-refractivity contribution in [3.63, 3.8) is 0 Å². The molecule has 0 aliphatic carbocycles. The highest BCUT2D eigenvalue weighted by Gasteiger charge is 2.18. The molecule has 0 aliphatic rings. The number of benzene rings is 7. The minimum absolute atomic E-state index is 0.845. The van der Waals surface area contributed by atoms with Crippen LogP contribution >= 0.6 is 0 Å². The van der Waals surface area contributed by atoms with Crippen molar-refractivity contribution in [1.82, 2.24) is 0 Å². The fraction of sp³-hybridized carbons (Fsp3) is 0.0500. The molecule has 0 saturated carbocycles. The highest BCUT2D eigenvalue weighted by molar-refractivity contribution is 6.22. The second-order valence-corrected chi connectivity index (χ2v) is 10.5. The molecule has 0 aromatic heterocycles. The normalized spacial score (nSPS) is 11.1. The molecular weight excluding hydrogens is 512 g/mol. The number of rotatable bonds is 6. The largest absolute Gasteiger partial charge is 0.497 e. The van der Waals surface area contributed by atoms with Crippen molar-refractivity contribution < 1.29 is 9.47 Å². The monoisotopic (exact) mass is 542 g/mol. The highest BCUT2D eigenvalue weighted by atomic mass is 16.5. The number of hydrogen-bond donors (Lipinski definition) is 0. The van der Waals surface area contributed by atoms with Crippen molar-refractivity contribution in [2.45, 2.75) is 0 Å². The van der Waals surface area contributed by atoms with E-state index in [0.717, 1.165) is 22.6 Å². The van der Waals surface area contributed by atoms with Crippen molar-refractivity contribution in [3.05, 3.63) is 146 Å². The molecule has 2 heteroatoms. The summed E-state index contributed by atoms with van der Waals surface area (Å²) in [6, 6.07) is 51.8. The number of ether oxygens (including phenoxy) is 2. The molecule has 0 radical (unpaired) electrons. The van der Waals surface area contributed by atoms with Gasteiger partial charge >= 0.3 is 0 Å². The molecule has 7 aromatic rings. The molecule has 0 saturated heterocycles. The Morgan fingerprint density at radius 2 is 0.667 bits per heavy atom. The predicted octanol–water partition coefficient (Wildman–Crippen LogP) is 10.7. The Hall–Kier alpha value is -5.34. The molecule has 0 unspecified atom stereocenters. The van der Waals surface area contributed by atoms with Gasteiger partial charge in [0.15, 0.2) is 0 Å². The van der Waals surface area contributed by atoms with Crippen molar-refractivity contribution >= 4 is 21.5 Å². The van der Waals surface area contributed by atoms with Crippen LogP contribution in [0.1, 0.15) is 0 Å². The van der Waals surface area contributed by atoms with Gasteiger partial charge in [-0.1, -0.05) is 109 Å². The summed E-state index contributed by atoms with van der Waals surface area (Å²) >= 11 is 0. The summed E-state index contributed by atoms with van der Waals surface area (Å²) in [4.78, 5) is 0. The molecule has 0 bridgehead atoms. The fourth-order valence-electron chi connectivity index (χ4n) is 5.99. The summed E-state index contributed by atoms with van der Waals surface area (Å²) < 4.78 is 11.0. The smallest absolute Gasteiger partial charge is 0.118 e. The van der Waals surface area contributed by atoms with Gasteiger partial charge in [0.2, 0.25) is 0 Å². The van der Waals surface area contributed by atoms with E-state index in [9.17, 15) is 0 Å². The summed E-state index contributed by atoms with van der Waals surface area (Å²) in [7, 11) is 3.42. The first kappa shape index (κ1) is 25.6. The molecule has 0 aliphatic heterocycles. The van der Waals surface area contributed by atoms with Gasteiger partial charge in [-0.15, -0.1) is 0 Å². The second kappa shape index (κ2) is 10.9. The van der Waals surface area contributed by atoms with Gasteiger partial charge in [-0.25, -0.2) is 0 Å². The van der Waals surface area contributed by atoms with E-state index < -0.39 is 0 Å². The number of methoxy groups -OCH3 is 2. The third-order valence-corrected chi connectivity index (χ3v) is 8.09. The second-order valence-electron chi connectivity index (χ2n) is 10.5. The molecule has 7 rings (SSSR count). The summed E-state index contributed by atoms with van der Waals surface area (Å²) in [5.74, 6) is 1.69. The molecule has 0 fully saturated rings. The average molecular weight is 543 g/mol. The first-order valence-corrected chi connectivity index (χ1v) is 14.2. The Bertz CT molecular complexity index is 1910. The summed E-state index contributed by atoms with van der Waals surface area (Å²) in [5, 5.41) is 4.85. The van der Waals surface area contributed by atoms with E-state index in [-0.39, 0.29) is 0 Å². The average Bonchev–Trinajstić information content (AvgIpc) is 3.07. The Balaban J connectivity index is 1.62. The summed E-state index contributed by atoms with van der Waals surface area (Å²) in [5.41, 5.74) is 9.53. The van der Waals surface area contributed by atoms with E-state index in [1.807, 2.05) is 24.3 Å². The maximum absolute atomic E-state index is 5.52. The molecular formula is C40H30O2. The van der Waals surface area contributed by atoms with Gasteiger partial charge in [0.25, 0.3) is 0 Å². The van der Waals surface area contributed by atoms with Crippen molar-refractivity contribution in [2.24, 2.45) is 0 Å². The minimum Gasteiger partial charge on any atom is -0.497 e. The lowest BCUT2D eigenvalue weighted by molar-refractivity contribution is 0.415. The van der Waals surface area contributed by atoms with Crippen LogP contribution in [0, 0.1) is 0 Å². The van der Waals surface area contributed by atoms with E-state index >= 15 is 0 Å². The lowest BCUT2D eigenvalue weighted by atomic mass is 9.84. The standard InChI is InChI=1S/C40H30O2/c1-41-33-19-13-29(14-20-33)39-35-23-17-31(27-9-5-3-6-10-27)25-37(35)40(30-15-21-34(42-2)22-16-30)38-26-32(18-24-36(38)39)28-11-7-4-8-12-28/h3-26H,1-2H3. The van der Waals surface area contributed by atoms with Gasteiger partial charge in [0.05, 0.1) is 14.2 Å². The zero-order valence-corrected chi connectivity index (χ0v) is 23.7. The van der Waals surface area contributed by atoms with E-state index in [4.69, 9.17) is 9.47 Å². The van der Waals surface area contributed by atoms with Crippen LogP contribution in [0.4, 0.5) is 0 Å². The molecule has 2 nitrogen and oxygen atoms in total. The topological polar surface area (TPSA) is 18.5 Å². The van der Waals surface area contributed by atoms with Crippen LogP contribution in [0.25, 0.3) is 66.1 Å². The predicted molar refractivity (Wildman–Crippen MR) is 176 cm³/mol. The molecule has 42 heavy (non-hydrogen) atoms. The third kappa shape index (κ3) is 4.57. The maximum Gasteiger partial charge on any atom is 0.118 e. The Morgan fingerprint density at radius 3 is 1.05 bits per heavy atom. The zero-order chi connectivity index (χ0) is 28.5. The Labute approximate surface area is 246 Å². The van der Waals surface area contributed by atoms with Gasteiger partial charge in [-0.2, -0.15) is 0 Å². The lowest BCUT2D eigenvalue weighted by Gasteiger charge is -2.20. The lowest BCUT2D eigenvalue weighted by Crippen LogP contribution is -1.93. The van der Waals surface area contributed by atoms with E-state index in [1.165, 1.54) is 54.9 Å². The molecule has 202 valence electrons. The zero-order valence-electron chi connectivity index (χ0n) is 23.7. The fourth-order valence-corrected chi connectivity index (χ4v) is 5.99. The summed E-state index contributed by atoms with van der Waals surface area (Å²) in [6.45, 7) is 0. The maximum atomic E-state index is 5.52. The first-order chi connectivity index (χ1) is 20.7. The van der Waals surface area contributed by atoms with E-state index in [2.05, 4.69) is 121 Å². The molecule has 0 N–H and O–H groups in total. The molecule has 0 amide bonds. The van der Waals surface area contributed by atoms with Crippen molar-refractivity contribution in [1.29, 1.82) is 0 Å². The van der Waals surface area contributed by atoms with Crippen LogP contribution in [0.3, 0.4) is 0 Å². The van der Waals surface area contributed by atoms with E-state index in [0.29, 0.717) is 0 Å². The van der Waals surface area contributed by atoms with Crippen LogP contribution in [-0.2, 0) is 0 Å². The van der Waals surface area contributed by atoms with Gasteiger partial charge in [0, 0.05) is 0 Å². The quantitative estimate of drug-likeness (QED) is 0.195. The van der Waals surface area contributed by atoms with Gasteiger partial charge in [-0.05, 0) is 102 Å². The Kier molecular flexibility index (Phi) is 6.65. The molecule has 0 heterocycles. The van der Waals surface area contributed by atoms with Crippen LogP contribution in [0.2, 0.25) is 0 Å². The summed E-state index contributed by atoms with van der Waals surface area (Å²) in [6.07, 6.45) is 0. The molecule has 0 spiro atoms. The molecule has 7 aromatic carbocycles. The van der Waals surface area contributed by atoms with Crippen LogP contribution in [0.5, 0.6) is 11.5 Å². The van der Waals surface area contributed by atoms with Gasteiger partial charge < -0.3 is 9.47 Å². The number of hydrogen-bond acceptors (Lipinski definition) is 2. The third-order valence-electron chi connectivity index (χ3n) is 8.09. The van der Waals surface area contributed by atoms with E-state index in [1.54, 1.807) is 14.2 Å². The van der Waals surface area contributed by atoms with Crippen LogP contribution in [-0.4, -0.2) is 14.2 Å². The van der Waals surface area contributed by atoms with Crippen molar-refractivity contribution in [3.8, 4) is 56.0 Å². The SMILES string of the molecule is COc1ccc(-c2c3ccc(-c4ccccc4)cc3c(-c3ccc(OC)cc3)c3cc(-c4ccccc4)ccc23)cc1. The van der Waals surface area contributed by atoms with Crippen molar-refractivity contribution in [2.75, 3.05) is 14.2 Å².